The number of unbranched alkanes of at least 4 members (excludes halogenated alkanes) is 8. The highest BCUT2D eigenvalue weighted by atomic mass is 16.6. The molecule has 2 atom stereocenters. The van der Waals surface area contributed by atoms with E-state index in [0.29, 0.717) is 12.2 Å². The van der Waals surface area contributed by atoms with Crippen molar-refractivity contribution in [2.45, 2.75) is 96.2 Å². The van der Waals surface area contributed by atoms with Gasteiger partial charge in [-0.3, -0.25) is 0 Å². The van der Waals surface area contributed by atoms with Crippen molar-refractivity contribution in [2.75, 3.05) is 0 Å². The lowest BCUT2D eigenvalue weighted by molar-refractivity contribution is -0.131. The van der Waals surface area contributed by atoms with Crippen molar-refractivity contribution in [3.8, 4) is 0 Å². The first kappa shape index (κ1) is 18.2. The molecule has 3 heteroatoms. The van der Waals surface area contributed by atoms with Gasteiger partial charge in [0.05, 0.1) is 12.2 Å². The summed E-state index contributed by atoms with van der Waals surface area (Å²) in [7, 11) is 0. The average molecular weight is 296 g/mol. The van der Waals surface area contributed by atoms with Gasteiger partial charge in [0.15, 0.2) is 0 Å². The summed E-state index contributed by atoms with van der Waals surface area (Å²) in [4.78, 5) is 10.3. The zero-order chi connectivity index (χ0) is 15.3. The Labute approximate surface area is 129 Å². The second-order valence-corrected chi connectivity index (χ2v) is 6.15. The Hall–Kier alpha value is -0.830. The minimum atomic E-state index is -0.848. The molecule has 0 aromatic rings. The van der Waals surface area contributed by atoms with Crippen LogP contribution in [-0.4, -0.2) is 23.3 Å². The summed E-state index contributed by atoms with van der Waals surface area (Å²) >= 11 is 0. The van der Waals surface area contributed by atoms with Gasteiger partial charge in [-0.15, -0.1) is 0 Å². The van der Waals surface area contributed by atoms with E-state index in [-0.39, 0.29) is 0 Å². The molecule has 0 spiro atoms. The minimum Gasteiger partial charge on any atom is -0.478 e. The topological polar surface area (TPSA) is 49.8 Å². The van der Waals surface area contributed by atoms with Crippen molar-refractivity contribution in [1.29, 1.82) is 0 Å². The van der Waals surface area contributed by atoms with Crippen LogP contribution >= 0.6 is 0 Å². The van der Waals surface area contributed by atoms with E-state index in [1.165, 1.54) is 70.3 Å². The number of epoxide rings is 1. The first-order valence-corrected chi connectivity index (χ1v) is 8.79. The van der Waals surface area contributed by atoms with Crippen LogP contribution in [0.1, 0.15) is 84.0 Å². The zero-order valence-corrected chi connectivity index (χ0v) is 13.6. The van der Waals surface area contributed by atoms with Crippen LogP contribution in [0.2, 0.25) is 0 Å². The number of carboxylic acids is 1. The van der Waals surface area contributed by atoms with Crippen molar-refractivity contribution in [2.24, 2.45) is 0 Å². The fourth-order valence-electron chi connectivity index (χ4n) is 2.78. The molecule has 21 heavy (non-hydrogen) atoms. The fraction of sp³-hybridized carbons (Fsp3) is 0.833. The lowest BCUT2D eigenvalue weighted by atomic mass is 10.0. The summed E-state index contributed by atoms with van der Waals surface area (Å²) in [6.45, 7) is 2.26. The van der Waals surface area contributed by atoms with Crippen LogP contribution in [0.15, 0.2) is 12.2 Å². The number of ether oxygens (including phenoxy) is 1. The van der Waals surface area contributed by atoms with Crippen LogP contribution in [-0.2, 0) is 9.53 Å². The first-order chi connectivity index (χ1) is 10.2. The molecule has 0 radical (unpaired) electrons. The zero-order valence-electron chi connectivity index (χ0n) is 13.6. The van der Waals surface area contributed by atoms with Crippen LogP contribution in [0.4, 0.5) is 0 Å². The largest absolute Gasteiger partial charge is 0.478 e. The maximum absolute atomic E-state index is 10.3. The average Bonchev–Trinajstić information content (AvgIpc) is 3.20. The van der Waals surface area contributed by atoms with E-state index >= 15 is 0 Å². The van der Waals surface area contributed by atoms with E-state index in [0.717, 1.165) is 12.8 Å². The Morgan fingerprint density at radius 2 is 1.52 bits per heavy atom. The molecule has 1 heterocycles. The summed E-state index contributed by atoms with van der Waals surface area (Å²) in [5.41, 5.74) is 0. The molecule has 1 saturated heterocycles. The number of hydrogen-bond acceptors (Lipinski definition) is 2. The molecule has 1 fully saturated rings. The summed E-state index contributed by atoms with van der Waals surface area (Å²) in [6.07, 6.45) is 19.0. The number of rotatable bonds is 14. The van der Waals surface area contributed by atoms with Gasteiger partial charge in [-0.25, -0.2) is 4.79 Å². The molecule has 1 aliphatic rings. The fourth-order valence-corrected chi connectivity index (χ4v) is 2.78. The van der Waals surface area contributed by atoms with Gasteiger partial charge < -0.3 is 9.84 Å². The van der Waals surface area contributed by atoms with Gasteiger partial charge in [0.1, 0.15) is 0 Å². The standard InChI is InChI=1S/C18H32O3/c1-2-3-4-5-7-10-13-16-17(21-16)14-11-8-6-9-12-15-18(19)20/h12,15-17H,2-11,13-14H2,1H3,(H,19,20). The second kappa shape index (κ2) is 11.8. The Morgan fingerprint density at radius 1 is 0.952 bits per heavy atom. The Balaban J connectivity index is 1.81. The SMILES string of the molecule is CCCCCCCCC1OC1CCCCCC=CC(=O)O. The quantitative estimate of drug-likeness (QED) is 0.276. The van der Waals surface area contributed by atoms with Crippen LogP contribution < -0.4 is 0 Å². The van der Waals surface area contributed by atoms with Gasteiger partial charge in [-0.05, 0) is 25.7 Å². The highest BCUT2D eigenvalue weighted by molar-refractivity contribution is 5.79. The summed E-state index contributed by atoms with van der Waals surface area (Å²) in [5.74, 6) is -0.848. The van der Waals surface area contributed by atoms with Crippen molar-refractivity contribution in [1.82, 2.24) is 0 Å². The Bertz CT molecular complexity index is 299. The normalized spacial score (nSPS) is 21.0. The van der Waals surface area contributed by atoms with Gasteiger partial charge in [-0.1, -0.05) is 64.4 Å². The maximum atomic E-state index is 10.3. The molecule has 122 valence electrons. The number of carboxylic acid groups (broad SMARTS) is 1. The molecular weight excluding hydrogens is 264 g/mol. The van der Waals surface area contributed by atoms with Crippen molar-refractivity contribution in [3.63, 3.8) is 0 Å². The predicted octanol–water partition coefficient (Wildman–Crippen LogP) is 5.10. The number of aliphatic carboxylic acids is 1. The molecule has 0 bridgehead atoms. The van der Waals surface area contributed by atoms with E-state index in [1.807, 2.05) is 0 Å². The smallest absolute Gasteiger partial charge is 0.327 e. The van der Waals surface area contributed by atoms with Crippen molar-refractivity contribution >= 4 is 5.97 Å². The van der Waals surface area contributed by atoms with Crippen molar-refractivity contribution < 1.29 is 14.6 Å². The third-order valence-corrected chi connectivity index (χ3v) is 4.15. The lowest BCUT2D eigenvalue weighted by Crippen LogP contribution is -1.94. The van der Waals surface area contributed by atoms with Gasteiger partial charge >= 0.3 is 5.97 Å². The molecule has 0 aromatic carbocycles. The molecule has 1 aliphatic heterocycles. The monoisotopic (exact) mass is 296 g/mol. The summed E-state index contributed by atoms with van der Waals surface area (Å²) in [6, 6.07) is 0. The van der Waals surface area contributed by atoms with Crippen LogP contribution in [0.5, 0.6) is 0 Å². The highest BCUT2D eigenvalue weighted by Gasteiger charge is 2.36. The molecule has 1 rings (SSSR count). The third-order valence-electron chi connectivity index (χ3n) is 4.15. The number of carbonyl (C=O) groups is 1. The van der Waals surface area contributed by atoms with Gasteiger partial charge in [0, 0.05) is 6.08 Å². The summed E-state index contributed by atoms with van der Waals surface area (Å²) < 4.78 is 5.71. The van der Waals surface area contributed by atoms with E-state index in [4.69, 9.17) is 9.84 Å². The summed E-state index contributed by atoms with van der Waals surface area (Å²) in [5, 5.41) is 8.45. The third kappa shape index (κ3) is 10.5. The number of hydrogen-bond donors (Lipinski definition) is 1. The molecule has 0 aliphatic carbocycles. The van der Waals surface area contributed by atoms with E-state index in [9.17, 15) is 4.79 Å². The van der Waals surface area contributed by atoms with Gasteiger partial charge in [0.2, 0.25) is 0 Å². The first-order valence-electron chi connectivity index (χ1n) is 8.79. The number of allylic oxidation sites excluding steroid dienone is 1. The Kier molecular flexibility index (Phi) is 10.2. The molecule has 0 aromatic heterocycles. The van der Waals surface area contributed by atoms with Gasteiger partial charge in [0.25, 0.3) is 0 Å². The van der Waals surface area contributed by atoms with Crippen LogP contribution in [0.25, 0.3) is 0 Å². The van der Waals surface area contributed by atoms with Crippen molar-refractivity contribution in [3.05, 3.63) is 12.2 Å². The Morgan fingerprint density at radius 3 is 2.14 bits per heavy atom. The molecule has 0 saturated carbocycles. The molecule has 2 unspecified atom stereocenters. The molecular formula is C18H32O3. The van der Waals surface area contributed by atoms with E-state index < -0.39 is 5.97 Å². The molecule has 0 amide bonds. The molecule has 3 nitrogen and oxygen atoms in total. The lowest BCUT2D eigenvalue weighted by Gasteiger charge is -1.99. The maximum Gasteiger partial charge on any atom is 0.327 e. The van der Waals surface area contributed by atoms with E-state index in [2.05, 4.69) is 6.92 Å². The predicted molar refractivity (Wildman–Crippen MR) is 86.5 cm³/mol. The van der Waals surface area contributed by atoms with E-state index in [1.54, 1.807) is 6.08 Å². The minimum absolute atomic E-state index is 0.523. The molecule has 1 N–H and O–H groups in total. The van der Waals surface area contributed by atoms with Crippen LogP contribution in [0.3, 0.4) is 0 Å². The van der Waals surface area contributed by atoms with Gasteiger partial charge in [-0.2, -0.15) is 0 Å². The highest BCUT2D eigenvalue weighted by Crippen LogP contribution is 2.31. The van der Waals surface area contributed by atoms with Crippen LogP contribution in [0, 0.1) is 0 Å². The second-order valence-electron chi connectivity index (χ2n) is 6.15.